The van der Waals surface area contributed by atoms with E-state index in [1.807, 2.05) is 61.5 Å². The molecule has 0 unspecified atom stereocenters. The third-order valence-corrected chi connectivity index (χ3v) is 9.15. The van der Waals surface area contributed by atoms with Crippen molar-refractivity contribution in [2.75, 3.05) is 0 Å². The molecule has 1 saturated carbocycles. The second-order valence-electron chi connectivity index (χ2n) is 13.3. The van der Waals surface area contributed by atoms with Crippen molar-refractivity contribution in [2.45, 2.75) is 107 Å². The van der Waals surface area contributed by atoms with Gasteiger partial charge in [0.15, 0.2) is 22.8 Å². The SMILES string of the molecule is C=C(C)[C@@H]1C[C@@]23C[C@H](CC=C(C)C)[C@@](C)(CC=C(C)C)[C@@](C(=O)C(C)C)(C(=O)C(CC=C(C)C)=C2O1)C3=O. The number of Topliss-reactive ketones (excluding diaryl/α,β-unsaturated/α-hetero) is 3. The molecular formula is C34H48O4. The van der Waals surface area contributed by atoms with Crippen molar-refractivity contribution in [1.29, 1.82) is 0 Å². The van der Waals surface area contributed by atoms with Gasteiger partial charge in [0.25, 0.3) is 0 Å². The summed E-state index contributed by atoms with van der Waals surface area (Å²) in [6.45, 7) is 23.9. The molecule has 1 aliphatic heterocycles. The molecule has 0 aromatic heterocycles. The average Bonchev–Trinajstić information content (AvgIpc) is 3.19. The Morgan fingerprint density at radius 2 is 1.55 bits per heavy atom. The van der Waals surface area contributed by atoms with Crippen molar-refractivity contribution in [1.82, 2.24) is 0 Å². The van der Waals surface area contributed by atoms with Crippen LogP contribution in [0.5, 0.6) is 0 Å². The molecule has 0 amide bonds. The summed E-state index contributed by atoms with van der Waals surface area (Å²) in [5.74, 6) is -0.809. The van der Waals surface area contributed by atoms with Crippen LogP contribution < -0.4 is 0 Å². The molecule has 4 nitrogen and oxygen atoms in total. The minimum atomic E-state index is -1.74. The van der Waals surface area contributed by atoms with Gasteiger partial charge in [-0.25, -0.2) is 0 Å². The highest BCUT2D eigenvalue weighted by Crippen LogP contribution is 2.69. The molecule has 3 rings (SSSR count). The molecular weight excluding hydrogens is 472 g/mol. The van der Waals surface area contributed by atoms with E-state index in [9.17, 15) is 9.59 Å². The number of ether oxygens (including phenoxy) is 1. The van der Waals surface area contributed by atoms with Crippen molar-refractivity contribution in [3.8, 4) is 0 Å². The van der Waals surface area contributed by atoms with Crippen molar-refractivity contribution < 1.29 is 19.1 Å². The highest BCUT2D eigenvalue weighted by Gasteiger charge is 2.77. The van der Waals surface area contributed by atoms with Crippen LogP contribution in [0.1, 0.15) is 101 Å². The zero-order valence-electron chi connectivity index (χ0n) is 25.3. The quantitative estimate of drug-likeness (QED) is 0.228. The van der Waals surface area contributed by atoms with Gasteiger partial charge in [-0.1, -0.05) is 62.3 Å². The van der Waals surface area contributed by atoms with Crippen LogP contribution in [-0.4, -0.2) is 23.5 Å². The summed E-state index contributed by atoms with van der Waals surface area (Å²) in [7, 11) is 0. The Balaban J connectivity index is 2.47. The van der Waals surface area contributed by atoms with Crippen LogP contribution >= 0.6 is 0 Å². The lowest BCUT2D eigenvalue weighted by Crippen LogP contribution is -2.70. The van der Waals surface area contributed by atoms with Gasteiger partial charge >= 0.3 is 0 Å². The topological polar surface area (TPSA) is 60.4 Å². The van der Waals surface area contributed by atoms with Gasteiger partial charge in [-0.15, -0.1) is 0 Å². The van der Waals surface area contributed by atoms with Gasteiger partial charge in [-0.2, -0.15) is 0 Å². The Labute approximate surface area is 230 Å². The van der Waals surface area contributed by atoms with Crippen molar-refractivity contribution in [3.05, 3.63) is 58.4 Å². The second-order valence-corrected chi connectivity index (χ2v) is 13.3. The van der Waals surface area contributed by atoms with Crippen molar-refractivity contribution in [3.63, 3.8) is 0 Å². The largest absolute Gasteiger partial charge is 0.489 e. The maximum absolute atomic E-state index is 15.0. The summed E-state index contributed by atoms with van der Waals surface area (Å²) >= 11 is 0. The van der Waals surface area contributed by atoms with Crippen LogP contribution in [-0.2, 0) is 19.1 Å². The first-order chi connectivity index (χ1) is 17.6. The number of rotatable bonds is 9. The summed E-state index contributed by atoms with van der Waals surface area (Å²) in [6.07, 6.45) is 8.56. The van der Waals surface area contributed by atoms with Crippen LogP contribution in [0.2, 0.25) is 0 Å². The minimum absolute atomic E-state index is 0.0511. The molecule has 5 atom stereocenters. The Morgan fingerprint density at radius 3 is 2.05 bits per heavy atom. The first-order valence-electron chi connectivity index (χ1n) is 14.2. The highest BCUT2D eigenvalue weighted by atomic mass is 16.5. The summed E-state index contributed by atoms with van der Waals surface area (Å²) in [5, 5.41) is 0. The molecule has 2 bridgehead atoms. The standard InChI is InChI=1S/C34H48O4/c1-20(2)12-14-25-18-33-19-27(23(7)8)38-30(33)26(15-13-21(3)4)29(36)34(31(33)37,28(35)24(9)10)32(25,11)17-16-22(5)6/h12-13,16,24-25,27H,7,14-15,17-19H2,1-6,8-11H3/t25-,27-,32+,33-,34-/m0/s1. The van der Waals surface area contributed by atoms with E-state index in [1.54, 1.807) is 0 Å². The van der Waals surface area contributed by atoms with Gasteiger partial charge in [0.1, 0.15) is 11.9 Å². The first kappa shape index (κ1) is 30.1. The number of hydrogen-bond donors (Lipinski definition) is 0. The Bertz CT molecular complexity index is 1160. The summed E-state index contributed by atoms with van der Waals surface area (Å²) in [6, 6.07) is 0. The number of carbonyl (C=O) groups excluding carboxylic acids is 3. The van der Waals surface area contributed by atoms with Crippen LogP contribution in [0.15, 0.2) is 58.4 Å². The van der Waals surface area contributed by atoms with E-state index >= 15 is 4.79 Å². The van der Waals surface area contributed by atoms with Gasteiger partial charge in [0, 0.05) is 23.3 Å². The molecule has 38 heavy (non-hydrogen) atoms. The molecule has 0 N–H and O–H groups in total. The van der Waals surface area contributed by atoms with Gasteiger partial charge in [-0.3, -0.25) is 14.4 Å². The van der Waals surface area contributed by atoms with Gasteiger partial charge < -0.3 is 4.74 Å². The normalized spacial score (nSPS) is 32.0. The fourth-order valence-corrected chi connectivity index (χ4v) is 6.95. The number of carbonyl (C=O) groups is 3. The highest BCUT2D eigenvalue weighted by molar-refractivity contribution is 6.33. The maximum Gasteiger partial charge on any atom is 0.184 e. The predicted octanol–water partition coefficient (Wildman–Crippen LogP) is 8.05. The lowest BCUT2D eigenvalue weighted by atomic mass is 9.38. The Kier molecular flexibility index (Phi) is 8.37. The molecule has 2 aliphatic carbocycles. The lowest BCUT2D eigenvalue weighted by Gasteiger charge is -2.60. The molecule has 2 fully saturated rings. The van der Waals surface area contributed by atoms with E-state index in [0.29, 0.717) is 43.4 Å². The number of hydrogen-bond acceptors (Lipinski definition) is 4. The number of allylic oxidation sites excluding steroid dienone is 8. The van der Waals surface area contributed by atoms with E-state index in [0.717, 1.165) is 16.7 Å². The fourth-order valence-electron chi connectivity index (χ4n) is 6.95. The molecule has 208 valence electrons. The predicted molar refractivity (Wildman–Crippen MR) is 154 cm³/mol. The molecule has 1 spiro atoms. The maximum atomic E-state index is 15.0. The van der Waals surface area contributed by atoms with Gasteiger partial charge in [0.2, 0.25) is 0 Å². The van der Waals surface area contributed by atoms with E-state index in [2.05, 4.69) is 32.6 Å². The Hall–Kier alpha value is -2.49. The minimum Gasteiger partial charge on any atom is -0.489 e. The first-order valence-corrected chi connectivity index (χ1v) is 14.2. The lowest BCUT2D eigenvalue weighted by molar-refractivity contribution is -0.177. The third-order valence-electron chi connectivity index (χ3n) is 9.15. The number of fused-ring (bicyclic) bond motifs is 1. The molecule has 0 aromatic rings. The zero-order valence-corrected chi connectivity index (χ0v) is 25.3. The average molecular weight is 521 g/mol. The smallest absolute Gasteiger partial charge is 0.184 e. The van der Waals surface area contributed by atoms with Crippen molar-refractivity contribution in [2.24, 2.45) is 28.1 Å². The molecule has 1 saturated heterocycles. The van der Waals surface area contributed by atoms with Crippen molar-refractivity contribution >= 4 is 17.3 Å². The zero-order chi connectivity index (χ0) is 28.8. The second kappa shape index (κ2) is 10.6. The van der Waals surface area contributed by atoms with Gasteiger partial charge in [0.05, 0.1) is 5.41 Å². The summed E-state index contributed by atoms with van der Waals surface area (Å²) < 4.78 is 6.49. The molecule has 0 radical (unpaired) electrons. The fraction of sp³-hybridized carbons (Fsp3) is 0.618. The van der Waals surface area contributed by atoms with E-state index in [-0.39, 0.29) is 29.4 Å². The third kappa shape index (κ3) is 4.52. The Morgan fingerprint density at radius 1 is 0.974 bits per heavy atom. The van der Waals surface area contributed by atoms with Crippen LogP contribution in [0.3, 0.4) is 0 Å². The van der Waals surface area contributed by atoms with Crippen LogP contribution in [0.4, 0.5) is 0 Å². The summed E-state index contributed by atoms with van der Waals surface area (Å²) in [4.78, 5) is 44.5. The molecule has 1 heterocycles. The van der Waals surface area contributed by atoms with Crippen LogP contribution in [0, 0.1) is 28.1 Å². The molecule has 3 aliphatic rings. The van der Waals surface area contributed by atoms with Gasteiger partial charge in [-0.05, 0) is 85.6 Å². The summed E-state index contributed by atoms with van der Waals surface area (Å²) in [5.41, 5.74) is 1.13. The van der Waals surface area contributed by atoms with E-state index < -0.39 is 22.2 Å². The van der Waals surface area contributed by atoms with E-state index in [1.165, 1.54) is 5.57 Å². The molecule has 0 aromatic carbocycles. The molecule has 4 heteroatoms. The monoisotopic (exact) mass is 520 g/mol. The van der Waals surface area contributed by atoms with E-state index in [4.69, 9.17) is 4.74 Å². The number of ketones is 3. The van der Waals surface area contributed by atoms with Crippen LogP contribution in [0.25, 0.3) is 0 Å².